The van der Waals surface area contributed by atoms with Crippen molar-refractivity contribution in [3.05, 3.63) is 0 Å². The Bertz CT molecular complexity index is 284. The van der Waals surface area contributed by atoms with E-state index in [9.17, 15) is 4.79 Å². The molecule has 2 aliphatic rings. The van der Waals surface area contributed by atoms with E-state index in [1.807, 2.05) is 6.92 Å². The van der Waals surface area contributed by atoms with Gasteiger partial charge in [0, 0.05) is 6.42 Å². The Balaban J connectivity index is 2.00. The second-order valence-corrected chi connectivity index (χ2v) is 5.25. The first kappa shape index (κ1) is 12.7. The third-order valence-corrected chi connectivity index (χ3v) is 3.90. The van der Waals surface area contributed by atoms with Gasteiger partial charge in [-0.1, -0.05) is 13.3 Å². The Hall–Kier alpha value is -0.705. The second-order valence-electron chi connectivity index (χ2n) is 5.25. The van der Waals surface area contributed by atoms with Gasteiger partial charge in [0.15, 0.2) is 0 Å². The van der Waals surface area contributed by atoms with Gasteiger partial charge in [-0.05, 0) is 25.6 Å². The van der Waals surface area contributed by atoms with Crippen molar-refractivity contribution >= 4 is 14.0 Å². The summed E-state index contributed by atoms with van der Waals surface area (Å²) in [6.45, 7) is 4.23. The minimum absolute atomic E-state index is 0.0691. The smallest absolute Gasteiger partial charge is 0.427 e. The maximum atomic E-state index is 11.1. The highest BCUT2D eigenvalue weighted by Crippen LogP contribution is 2.31. The first-order valence-electron chi connectivity index (χ1n) is 6.62. The van der Waals surface area contributed by atoms with Crippen LogP contribution in [-0.4, -0.2) is 38.4 Å². The van der Waals surface area contributed by atoms with Crippen molar-refractivity contribution in [2.45, 2.75) is 69.8 Å². The van der Waals surface area contributed by atoms with Gasteiger partial charge in [0.05, 0.1) is 12.2 Å². The van der Waals surface area contributed by atoms with Crippen molar-refractivity contribution in [1.82, 2.24) is 0 Å². The number of carbonyl (C=O) groups excluding carboxylic acids is 1. The van der Waals surface area contributed by atoms with Crippen LogP contribution in [0.2, 0.25) is 5.82 Å². The minimum Gasteiger partial charge on any atom is -0.427 e. The topological polar surface area (TPSA) is 44.8 Å². The number of hydrogen-bond donors (Lipinski definition) is 0. The SMILES string of the molecule is B[C@H](CC)[C@@H]1CC[C@H]2OC(=O)O[C@H]2C[C@H](C)O1. The van der Waals surface area contributed by atoms with E-state index in [2.05, 4.69) is 14.8 Å². The molecule has 0 aromatic rings. The minimum atomic E-state index is -0.519. The fourth-order valence-electron chi connectivity index (χ4n) is 2.63. The molecule has 0 spiro atoms. The molecule has 0 N–H and O–H groups in total. The van der Waals surface area contributed by atoms with Crippen LogP contribution in [0.5, 0.6) is 0 Å². The lowest BCUT2D eigenvalue weighted by Crippen LogP contribution is -2.35. The summed E-state index contributed by atoms with van der Waals surface area (Å²) < 4.78 is 16.4. The van der Waals surface area contributed by atoms with E-state index < -0.39 is 6.16 Å². The summed E-state index contributed by atoms with van der Waals surface area (Å²) in [6, 6.07) is 0. The first-order chi connectivity index (χ1) is 8.10. The second kappa shape index (κ2) is 5.30. The van der Waals surface area contributed by atoms with E-state index in [-0.39, 0.29) is 24.4 Å². The molecule has 5 heteroatoms. The molecule has 0 amide bonds. The molecular formula is C12H21BO4. The third-order valence-electron chi connectivity index (χ3n) is 3.90. The van der Waals surface area contributed by atoms with Crippen molar-refractivity contribution < 1.29 is 19.0 Å². The summed E-state index contributed by atoms with van der Waals surface area (Å²) in [4.78, 5) is 11.1. The molecule has 0 saturated carbocycles. The van der Waals surface area contributed by atoms with Crippen LogP contribution in [0.1, 0.15) is 39.5 Å². The number of hydrogen-bond acceptors (Lipinski definition) is 4. The van der Waals surface area contributed by atoms with Gasteiger partial charge >= 0.3 is 6.16 Å². The molecular weight excluding hydrogens is 219 g/mol. The molecule has 2 aliphatic heterocycles. The van der Waals surface area contributed by atoms with E-state index in [0.717, 1.165) is 25.7 Å². The zero-order valence-corrected chi connectivity index (χ0v) is 10.8. The van der Waals surface area contributed by atoms with Gasteiger partial charge in [-0.3, -0.25) is 0 Å². The lowest BCUT2D eigenvalue weighted by atomic mass is 9.77. The number of ether oxygens (including phenoxy) is 3. The first-order valence-corrected chi connectivity index (χ1v) is 6.62. The molecule has 5 atom stereocenters. The Labute approximate surface area is 103 Å². The van der Waals surface area contributed by atoms with Gasteiger partial charge in [0.25, 0.3) is 0 Å². The predicted molar refractivity (Wildman–Crippen MR) is 65.9 cm³/mol. The maximum absolute atomic E-state index is 11.1. The molecule has 0 bridgehead atoms. The molecule has 96 valence electrons. The van der Waals surface area contributed by atoms with E-state index in [1.165, 1.54) is 0 Å². The van der Waals surface area contributed by atoms with Crippen LogP contribution in [0.15, 0.2) is 0 Å². The lowest BCUT2D eigenvalue weighted by molar-refractivity contribution is -0.0537. The average Bonchev–Trinajstić information content (AvgIpc) is 2.60. The highest BCUT2D eigenvalue weighted by molar-refractivity contribution is 6.12. The fraction of sp³-hybridized carbons (Fsp3) is 0.917. The largest absolute Gasteiger partial charge is 0.509 e. The van der Waals surface area contributed by atoms with Crippen LogP contribution in [0, 0.1) is 0 Å². The predicted octanol–water partition coefficient (Wildman–Crippen LogP) is 1.68. The summed E-state index contributed by atoms with van der Waals surface area (Å²) in [5.74, 6) is 0.548. The van der Waals surface area contributed by atoms with Crippen LogP contribution in [0.3, 0.4) is 0 Å². The van der Waals surface area contributed by atoms with Gasteiger partial charge in [0.1, 0.15) is 20.1 Å². The van der Waals surface area contributed by atoms with Crippen molar-refractivity contribution in [2.24, 2.45) is 0 Å². The summed E-state index contributed by atoms with van der Waals surface area (Å²) in [5.41, 5.74) is 0. The average molecular weight is 240 g/mol. The van der Waals surface area contributed by atoms with Crippen molar-refractivity contribution in [1.29, 1.82) is 0 Å². The summed E-state index contributed by atoms with van der Waals surface area (Å²) >= 11 is 0. The van der Waals surface area contributed by atoms with Crippen LogP contribution >= 0.6 is 0 Å². The van der Waals surface area contributed by atoms with Crippen LogP contribution < -0.4 is 0 Å². The third kappa shape index (κ3) is 2.95. The van der Waals surface area contributed by atoms with E-state index >= 15 is 0 Å². The summed E-state index contributed by atoms with van der Waals surface area (Å²) in [7, 11) is 2.22. The Morgan fingerprint density at radius 2 is 2.06 bits per heavy atom. The molecule has 0 radical (unpaired) electrons. The van der Waals surface area contributed by atoms with Gasteiger partial charge in [-0.2, -0.15) is 0 Å². The quantitative estimate of drug-likeness (QED) is 0.544. The number of fused-ring (bicyclic) bond motifs is 1. The molecule has 0 unspecified atom stereocenters. The molecule has 2 saturated heterocycles. The number of carbonyl (C=O) groups is 1. The van der Waals surface area contributed by atoms with Gasteiger partial charge in [0.2, 0.25) is 0 Å². The van der Waals surface area contributed by atoms with Gasteiger partial charge in [-0.25, -0.2) is 4.79 Å². The molecule has 0 aromatic carbocycles. The zero-order chi connectivity index (χ0) is 12.4. The molecule has 2 fully saturated rings. The Morgan fingerprint density at radius 1 is 1.35 bits per heavy atom. The van der Waals surface area contributed by atoms with Gasteiger partial charge < -0.3 is 14.2 Å². The standard InChI is InChI=1S/C12H21BO4/c1-3-8(13)9-4-5-10-11(6-7(2)15-9)17-12(14)16-10/h7-11H,3-6,13H2,1-2H3/t7-,8+,9-,10+,11-/m0/s1. The monoisotopic (exact) mass is 240 g/mol. The Morgan fingerprint density at radius 3 is 2.76 bits per heavy atom. The molecule has 0 aliphatic carbocycles. The zero-order valence-electron chi connectivity index (χ0n) is 10.8. The van der Waals surface area contributed by atoms with Crippen LogP contribution in [0.4, 0.5) is 4.79 Å². The van der Waals surface area contributed by atoms with Crippen molar-refractivity contribution in [3.8, 4) is 0 Å². The molecule has 0 aromatic heterocycles. The lowest BCUT2D eigenvalue weighted by Gasteiger charge is -2.32. The highest BCUT2D eigenvalue weighted by atomic mass is 16.8. The fourth-order valence-corrected chi connectivity index (χ4v) is 2.63. The van der Waals surface area contributed by atoms with Gasteiger partial charge in [-0.15, -0.1) is 0 Å². The summed E-state index contributed by atoms with van der Waals surface area (Å²) in [6.07, 6.45) is 3.33. The maximum Gasteiger partial charge on any atom is 0.509 e. The normalized spacial score (nSPS) is 39.5. The van der Waals surface area contributed by atoms with E-state index in [0.29, 0.717) is 5.82 Å². The molecule has 4 nitrogen and oxygen atoms in total. The van der Waals surface area contributed by atoms with Crippen molar-refractivity contribution in [2.75, 3.05) is 0 Å². The van der Waals surface area contributed by atoms with Crippen LogP contribution in [0.25, 0.3) is 0 Å². The summed E-state index contributed by atoms with van der Waals surface area (Å²) in [5, 5.41) is 0. The Kier molecular flexibility index (Phi) is 3.97. The van der Waals surface area contributed by atoms with E-state index in [4.69, 9.17) is 14.2 Å². The molecule has 2 heterocycles. The van der Waals surface area contributed by atoms with Crippen LogP contribution in [-0.2, 0) is 14.2 Å². The number of rotatable bonds is 2. The molecule has 17 heavy (non-hydrogen) atoms. The van der Waals surface area contributed by atoms with Crippen molar-refractivity contribution in [3.63, 3.8) is 0 Å². The van der Waals surface area contributed by atoms with E-state index in [1.54, 1.807) is 0 Å². The molecule has 2 rings (SSSR count). The highest BCUT2D eigenvalue weighted by Gasteiger charge is 2.40.